The highest BCUT2D eigenvalue weighted by Gasteiger charge is 2.19. The Morgan fingerprint density at radius 3 is 2.30 bits per heavy atom. The first-order valence-electron chi connectivity index (χ1n) is 9.06. The maximum absolute atomic E-state index is 12.7. The lowest BCUT2D eigenvalue weighted by molar-refractivity contribution is 0.0761. The topological polar surface area (TPSA) is 75.7 Å². The summed E-state index contributed by atoms with van der Waals surface area (Å²) in [6.45, 7) is 1.50. The molecule has 1 saturated heterocycles. The number of amides is 1. The van der Waals surface area contributed by atoms with Crippen molar-refractivity contribution in [3.63, 3.8) is 0 Å². The van der Waals surface area contributed by atoms with E-state index in [2.05, 4.69) is 4.72 Å². The van der Waals surface area contributed by atoms with Crippen LogP contribution in [0.3, 0.4) is 0 Å². The highest BCUT2D eigenvalue weighted by molar-refractivity contribution is 7.92. The van der Waals surface area contributed by atoms with E-state index in [0.717, 1.165) is 38.8 Å². The zero-order valence-electron chi connectivity index (χ0n) is 15.3. The molecule has 2 aromatic carbocycles. The number of nitrogens with zero attached hydrogens (tertiary/aromatic N) is 1. The van der Waals surface area contributed by atoms with Crippen LogP contribution in [0.15, 0.2) is 53.4 Å². The third-order valence-corrected chi connectivity index (χ3v) is 6.02. The second-order valence-corrected chi connectivity index (χ2v) is 8.25. The van der Waals surface area contributed by atoms with Gasteiger partial charge in [-0.2, -0.15) is 0 Å². The lowest BCUT2D eigenvalue weighted by Gasteiger charge is -2.20. The van der Waals surface area contributed by atoms with Gasteiger partial charge < -0.3 is 9.64 Å². The van der Waals surface area contributed by atoms with E-state index in [0.29, 0.717) is 17.0 Å². The molecule has 1 aliphatic rings. The minimum absolute atomic E-state index is 0.0533. The molecule has 1 amide bonds. The molecule has 1 N–H and O–H groups in total. The predicted molar refractivity (Wildman–Crippen MR) is 105 cm³/mol. The molecule has 3 rings (SSSR count). The number of likely N-dealkylation sites (tertiary alicyclic amines) is 1. The Morgan fingerprint density at radius 2 is 1.67 bits per heavy atom. The average molecular weight is 388 g/mol. The summed E-state index contributed by atoms with van der Waals surface area (Å²) in [7, 11) is -2.22. The summed E-state index contributed by atoms with van der Waals surface area (Å²) < 4.78 is 32.8. The van der Waals surface area contributed by atoms with Crippen LogP contribution >= 0.6 is 0 Å². The molecule has 1 aliphatic heterocycles. The molecule has 0 atom stereocenters. The minimum Gasteiger partial charge on any atom is -0.497 e. The number of sulfonamides is 1. The zero-order valence-corrected chi connectivity index (χ0v) is 16.2. The molecule has 0 saturated carbocycles. The normalized spacial score (nSPS) is 15.1. The van der Waals surface area contributed by atoms with Gasteiger partial charge in [-0.1, -0.05) is 18.9 Å². The van der Waals surface area contributed by atoms with Gasteiger partial charge in [-0.25, -0.2) is 8.42 Å². The van der Waals surface area contributed by atoms with Crippen LogP contribution in [0.1, 0.15) is 36.0 Å². The number of rotatable bonds is 5. The summed E-state index contributed by atoms with van der Waals surface area (Å²) >= 11 is 0. The van der Waals surface area contributed by atoms with Gasteiger partial charge in [-0.3, -0.25) is 9.52 Å². The Kier molecular flexibility index (Phi) is 6.01. The number of methoxy groups -OCH3 is 1. The van der Waals surface area contributed by atoms with Gasteiger partial charge in [0, 0.05) is 24.3 Å². The Morgan fingerprint density at radius 1 is 1.00 bits per heavy atom. The van der Waals surface area contributed by atoms with Crippen LogP contribution in [0.25, 0.3) is 0 Å². The number of carbonyl (C=O) groups excluding carboxylic acids is 1. The van der Waals surface area contributed by atoms with E-state index in [1.807, 2.05) is 4.90 Å². The minimum atomic E-state index is -3.74. The lowest BCUT2D eigenvalue weighted by Crippen LogP contribution is -2.31. The molecule has 0 spiro atoms. The smallest absolute Gasteiger partial charge is 0.261 e. The number of hydrogen-bond acceptors (Lipinski definition) is 4. The first-order chi connectivity index (χ1) is 13.0. The first-order valence-corrected chi connectivity index (χ1v) is 10.5. The van der Waals surface area contributed by atoms with Crippen molar-refractivity contribution in [2.24, 2.45) is 0 Å². The number of nitrogens with one attached hydrogen (secondary N) is 1. The highest BCUT2D eigenvalue weighted by atomic mass is 32.2. The number of hydrogen-bond donors (Lipinski definition) is 1. The average Bonchev–Trinajstić information content (AvgIpc) is 2.97. The second-order valence-electron chi connectivity index (χ2n) is 6.57. The summed E-state index contributed by atoms with van der Waals surface area (Å²) in [4.78, 5) is 14.7. The molecule has 0 radical (unpaired) electrons. The standard InChI is InChI=1S/C20H24N2O4S/c1-26-18-9-11-19(12-10-18)27(24,25)21-17-8-6-7-16(15-17)20(23)22-13-4-2-3-5-14-22/h6-12,15,21H,2-5,13-14H2,1H3. The van der Waals surface area contributed by atoms with Gasteiger partial charge in [-0.15, -0.1) is 0 Å². The quantitative estimate of drug-likeness (QED) is 0.850. The largest absolute Gasteiger partial charge is 0.497 e. The van der Waals surface area contributed by atoms with Gasteiger partial charge in [0.25, 0.3) is 15.9 Å². The van der Waals surface area contributed by atoms with Gasteiger partial charge in [-0.05, 0) is 55.3 Å². The van der Waals surface area contributed by atoms with Gasteiger partial charge in [0.05, 0.1) is 12.0 Å². The van der Waals surface area contributed by atoms with Crippen molar-refractivity contribution < 1.29 is 17.9 Å². The second kappa shape index (κ2) is 8.43. The monoisotopic (exact) mass is 388 g/mol. The zero-order chi connectivity index (χ0) is 19.3. The van der Waals surface area contributed by atoms with E-state index in [1.54, 1.807) is 36.4 Å². The van der Waals surface area contributed by atoms with Crippen molar-refractivity contribution in [1.82, 2.24) is 4.90 Å². The van der Waals surface area contributed by atoms with Crippen molar-refractivity contribution in [3.05, 3.63) is 54.1 Å². The fourth-order valence-electron chi connectivity index (χ4n) is 3.14. The molecule has 2 aromatic rings. The summed E-state index contributed by atoms with van der Waals surface area (Å²) in [6, 6.07) is 12.8. The van der Waals surface area contributed by atoms with Crippen molar-refractivity contribution in [2.45, 2.75) is 30.6 Å². The van der Waals surface area contributed by atoms with Gasteiger partial charge >= 0.3 is 0 Å². The van der Waals surface area contributed by atoms with Crippen LogP contribution in [-0.4, -0.2) is 39.4 Å². The Labute approximate surface area is 160 Å². The Balaban J connectivity index is 1.77. The van der Waals surface area contributed by atoms with E-state index >= 15 is 0 Å². The molecule has 0 aliphatic carbocycles. The van der Waals surface area contributed by atoms with E-state index in [1.165, 1.54) is 19.2 Å². The van der Waals surface area contributed by atoms with Crippen LogP contribution in [0.5, 0.6) is 5.75 Å². The number of carbonyl (C=O) groups is 1. The number of anilines is 1. The van der Waals surface area contributed by atoms with Crippen LogP contribution in [-0.2, 0) is 10.0 Å². The fourth-order valence-corrected chi connectivity index (χ4v) is 4.19. The van der Waals surface area contributed by atoms with Crippen LogP contribution < -0.4 is 9.46 Å². The van der Waals surface area contributed by atoms with Crippen molar-refractivity contribution in [1.29, 1.82) is 0 Å². The molecule has 1 heterocycles. The van der Waals surface area contributed by atoms with Crippen molar-refractivity contribution >= 4 is 21.6 Å². The van der Waals surface area contributed by atoms with Crippen LogP contribution in [0, 0.1) is 0 Å². The molecule has 0 bridgehead atoms. The molecule has 27 heavy (non-hydrogen) atoms. The summed E-state index contributed by atoms with van der Waals surface area (Å²) in [5.74, 6) is 0.529. The summed E-state index contributed by atoms with van der Waals surface area (Å²) in [6.07, 6.45) is 4.31. The maximum Gasteiger partial charge on any atom is 0.261 e. The third-order valence-electron chi connectivity index (χ3n) is 4.62. The predicted octanol–water partition coefficient (Wildman–Crippen LogP) is 3.51. The molecular formula is C20H24N2O4S. The summed E-state index contributed by atoms with van der Waals surface area (Å²) in [5, 5.41) is 0. The molecule has 0 aromatic heterocycles. The third kappa shape index (κ3) is 4.80. The van der Waals surface area contributed by atoms with Gasteiger partial charge in [0.2, 0.25) is 0 Å². The van der Waals surface area contributed by atoms with Crippen LogP contribution in [0.2, 0.25) is 0 Å². The Hall–Kier alpha value is -2.54. The van der Waals surface area contributed by atoms with E-state index in [4.69, 9.17) is 4.74 Å². The Bertz CT molecular complexity index is 886. The van der Waals surface area contributed by atoms with Crippen molar-refractivity contribution in [2.75, 3.05) is 24.9 Å². The molecule has 7 heteroatoms. The molecule has 144 valence electrons. The fraction of sp³-hybridized carbons (Fsp3) is 0.350. The summed E-state index contributed by atoms with van der Waals surface area (Å²) in [5.41, 5.74) is 0.860. The molecule has 1 fully saturated rings. The van der Waals surface area contributed by atoms with Gasteiger partial charge in [0.15, 0.2) is 0 Å². The van der Waals surface area contributed by atoms with Crippen molar-refractivity contribution in [3.8, 4) is 5.75 Å². The van der Waals surface area contributed by atoms with E-state index in [9.17, 15) is 13.2 Å². The molecule has 6 nitrogen and oxygen atoms in total. The number of benzene rings is 2. The first kappa shape index (κ1) is 19.2. The van der Waals surface area contributed by atoms with Gasteiger partial charge in [0.1, 0.15) is 5.75 Å². The maximum atomic E-state index is 12.7. The van der Waals surface area contributed by atoms with E-state index < -0.39 is 10.0 Å². The molecule has 0 unspecified atom stereocenters. The SMILES string of the molecule is COc1ccc(S(=O)(=O)Nc2cccc(C(=O)N3CCCCCC3)c2)cc1. The molecular weight excluding hydrogens is 364 g/mol. The number of ether oxygens (including phenoxy) is 1. The highest BCUT2D eigenvalue weighted by Crippen LogP contribution is 2.21. The lowest BCUT2D eigenvalue weighted by atomic mass is 10.1. The van der Waals surface area contributed by atoms with E-state index in [-0.39, 0.29) is 10.8 Å². The van der Waals surface area contributed by atoms with Crippen LogP contribution in [0.4, 0.5) is 5.69 Å².